The number of fused-ring (bicyclic) bond motifs is 12. The van der Waals surface area contributed by atoms with E-state index in [4.69, 9.17) is 14.2 Å². The zero-order chi connectivity index (χ0) is 75.3. The van der Waals surface area contributed by atoms with Crippen molar-refractivity contribution in [2.24, 2.45) is 0 Å². The van der Waals surface area contributed by atoms with Crippen LogP contribution in [0.3, 0.4) is 0 Å². The van der Waals surface area contributed by atoms with Crippen LogP contribution in [-0.4, -0.2) is 20.1 Å². The summed E-state index contributed by atoms with van der Waals surface area (Å²) in [5.41, 5.74) is 46.1. The van der Waals surface area contributed by atoms with Gasteiger partial charge in [0, 0.05) is 57.0 Å². The predicted octanol–water partition coefficient (Wildman–Crippen LogP) is 20.9. The molecule has 0 atom stereocenters. The smallest absolute Gasteiger partial charge is 0.256 e. The second-order valence-corrected chi connectivity index (χ2v) is 32.1. The Hall–Kier alpha value is -12.7. The predicted molar refractivity (Wildman–Crippen MR) is 468 cm³/mol. The van der Waals surface area contributed by atoms with Crippen molar-refractivity contribution in [1.82, 2.24) is 0 Å². The van der Waals surface area contributed by atoms with E-state index < -0.39 is 0 Å². The number of rotatable bonds is 8. The normalized spacial score (nSPS) is 13.3. The fraction of sp³-hybridized carbons (Fsp3) is 0.118. The van der Waals surface area contributed by atoms with Crippen LogP contribution in [0.1, 0.15) is 66.8 Å². The maximum Gasteiger partial charge on any atom is 0.256 e. The van der Waals surface area contributed by atoms with Gasteiger partial charge in [-0.15, -0.1) is 0 Å². The van der Waals surface area contributed by atoms with E-state index in [2.05, 4.69) is 365 Å². The lowest BCUT2D eigenvalue weighted by Crippen LogP contribution is -2.65. The lowest BCUT2D eigenvalue weighted by molar-refractivity contribution is 0.487. The summed E-state index contributed by atoms with van der Waals surface area (Å²) >= 11 is 0. The van der Waals surface area contributed by atoms with Crippen molar-refractivity contribution in [3.8, 4) is 90.1 Å². The Labute approximate surface area is 652 Å². The first-order valence-electron chi connectivity index (χ1n) is 39.1. The van der Waals surface area contributed by atoms with Gasteiger partial charge in [0.25, 0.3) is 20.1 Å². The lowest BCUT2D eigenvalue weighted by atomic mass is 9.29. The van der Waals surface area contributed by atoms with Crippen LogP contribution in [0.5, 0.6) is 34.5 Å². The Morgan fingerprint density at radius 2 is 0.559 bits per heavy atom. The summed E-state index contributed by atoms with van der Waals surface area (Å²) in [5, 5.41) is 0. The van der Waals surface area contributed by atoms with Gasteiger partial charge in [0.2, 0.25) is 0 Å². The summed E-state index contributed by atoms with van der Waals surface area (Å²) in [6.45, 7) is 26.3. The summed E-state index contributed by atoms with van der Waals surface area (Å²) < 4.78 is 23.5. The first-order chi connectivity index (χ1) is 54.0. The van der Waals surface area contributed by atoms with Gasteiger partial charge in [-0.2, -0.15) is 0 Å². The highest BCUT2D eigenvalue weighted by Crippen LogP contribution is 2.54. The van der Waals surface area contributed by atoms with E-state index in [0.717, 1.165) is 157 Å². The molecule has 6 nitrogen and oxygen atoms in total. The van der Waals surface area contributed by atoms with Gasteiger partial charge < -0.3 is 28.9 Å². The Bertz CT molecular complexity index is 6460. The van der Waals surface area contributed by atoms with Crippen molar-refractivity contribution in [1.29, 1.82) is 0 Å². The maximum absolute atomic E-state index is 8.06. The largest absolute Gasteiger partial charge is 0.458 e. The summed E-state index contributed by atoms with van der Waals surface area (Å²) in [6, 6.07) is 100. The molecular formula is C102H80B3N3O3. The van der Waals surface area contributed by atoms with Gasteiger partial charge in [-0.1, -0.05) is 217 Å². The average molecular weight is 1430 g/mol. The third-order valence-corrected chi connectivity index (χ3v) is 24.8. The Kier molecular flexibility index (Phi) is 14.9. The van der Waals surface area contributed by atoms with Gasteiger partial charge in [0.1, 0.15) is 34.5 Å². The molecule has 15 aromatic rings. The van der Waals surface area contributed by atoms with Crippen LogP contribution < -0.4 is 78.1 Å². The first kappa shape index (κ1) is 66.5. The molecule has 0 bridgehead atoms. The quantitative estimate of drug-likeness (QED) is 0.141. The standard InChI is InChI=1S/C102H80B3N3O3/c1-57-43-65(9)99(66(10)44-57)107-83-55-84-80(53-79(83)103-77-41-25-39-75(69-33-16-13-17-34-69)101(77)111-92-52-73(49-88(107)98(92)103)95-63(7)31-24-32-64(95)8)105-82-54-81-85(56-89(82)109-90-50-72(94-61(5)29-23-30-62(94)6)48-87(97(90)105)108(84)100-67(11)45-58(2)46-68(100)12)106(74-37-20-15-21-38-74)86-47-71(93-59(3)27-22-28-60(93)4)51-91-96(86)104(81)78-42-26-40-76(102(78)110-91)70-35-18-14-19-36-70/h13-56H,1-12H3. The van der Waals surface area contributed by atoms with Crippen LogP contribution in [-0.2, 0) is 0 Å². The molecule has 9 heteroatoms. The Balaban J connectivity index is 0.907. The molecule has 0 unspecified atom stereocenters. The number of hydrogen-bond donors (Lipinski definition) is 0. The number of hydrogen-bond acceptors (Lipinski definition) is 6. The molecule has 0 saturated carbocycles. The lowest BCUT2D eigenvalue weighted by Gasteiger charge is -2.46. The topological polar surface area (TPSA) is 37.4 Å². The number of aryl methyl sites for hydroxylation is 12. The van der Waals surface area contributed by atoms with E-state index in [-0.39, 0.29) is 20.1 Å². The molecule has 0 radical (unpaired) electrons. The monoisotopic (exact) mass is 1430 g/mol. The van der Waals surface area contributed by atoms with Crippen LogP contribution in [0.2, 0.25) is 0 Å². The molecule has 0 fully saturated rings. The number of para-hydroxylation sites is 3. The molecule has 111 heavy (non-hydrogen) atoms. The minimum absolute atomic E-state index is 0.265. The van der Waals surface area contributed by atoms with E-state index >= 15 is 0 Å². The Morgan fingerprint density at radius 1 is 0.225 bits per heavy atom. The molecule has 530 valence electrons. The molecule has 0 aliphatic carbocycles. The van der Waals surface area contributed by atoms with Crippen molar-refractivity contribution in [2.45, 2.75) is 83.1 Å². The number of anilines is 9. The zero-order valence-electron chi connectivity index (χ0n) is 64.7. The molecule has 0 saturated heterocycles. The van der Waals surface area contributed by atoms with Crippen molar-refractivity contribution in [3.05, 3.63) is 334 Å². The summed E-state index contributed by atoms with van der Waals surface area (Å²) in [5.74, 6) is 5.12. The average Bonchev–Trinajstić information content (AvgIpc) is 0.683. The van der Waals surface area contributed by atoms with E-state index in [9.17, 15) is 0 Å². The van der Waals surface area contributed by atoms with Crippen molar-refractivity contribution in [2.75, 3.05) is 14.7 Å². The van der Waals surface area contributed by atoms with Crippen LogP contribution in [0.4, 0.5) is 51.2 Å². The fourth-order valence-corrected chi connectivity index (χ4v) is 20.6. The minimum atomic E-state index is -0.357. The Morgan fingerprint density at radius 3 is 0.955 bits per heavy atom. The van der Waals surface area contributed by atoms with Gasteiger partial charge >= 0.3 is 0 Å². The first-order valence-corrected chi connectivity index (χ1v) is 39.1. The third-order valence-electron chi connectivity index (χ3n) is 24.8. The highest BCUT2D eigenvalue weighted by atomic mass is 16.5. The minimum Gasteiger partial charge on any atom is -0.458 e. The molecule has 15 aromatic carbocycles. The molecule has 0 spiro atoms. The van der Waals surface area contributed by atoms with Crippen LogP contribution in [0.25, 0.3) is 55.6 Å². The van der Waals surface area contributed by atoms with Gasteiger partial charge in [-0.3, -0.25) is 0 Å². The summed E-state index contributed by atoms with van der Waals surface area (Å²) in [7, 11) is 0. The van der Waals surface area contributed by atoms with Crippen LogP contribution >= 0.6 is 0 Å². The number of benzene rings is 15. The summed E-state index contributed by atoms with van der Waals surface area (Å²) in [6.07, 6.45) is 0. The number of nitrogens with zero attached hydrogens (tertiary/aromatic N) is 3. The maximum atomic E-state index is 8.06. The van der Waals surface area contributed by atoms with Gasteiger partial charge in [-0.05, 0) is 287 Å². The van der Waals surface area contributed by atoms with Crippen LogP contribution in [0.15, 0.2) is 267 Å². The van der Waals surface area contributed by atoms with Crippen molar-refractivity contribution in [3.63, 3.8) is 0 Å². The fourth-order valence-electron chi connectivity index (χ4n) is 20.6. The molecular weight excluding hydrogens is 1350 g/mol. The molecule has 6 aliphatic heterocycles. The molecule has 0 N–H and O–H groups in total. The molecule has 0 aromatic heterocycles. The molecule has 6 aliphatic rings. The van der Waals surface area contributed by atoms with Crippen molar-refractivity contribution < 1.29 is 14.2 Å². The SMILES string of the molecule is Cc1cc(C)c(N2c3cc4c(cc3B3c5cc6c(cc5Oc5cc(-c7c(C)cccc7C)cc2c53)N(c2ccccc2)c2cc(-c3c(C)cccc3C)cc3c2B6c2cccc(-c5ccccc5)c2O3)B2c3cccc(-c5ccccc5)c3Oc3cc(-c5c(C)cccc5C)cc(c32)N4c2c(C)cc(C)cc2C)c(C)c1. The summed E-state index contributed by atoms with van der Waals surface area (Å²) in [4.78, 5) is 7.79. The molecule has 21 rings (SSSR count). The van der Waals surface area contributed by atoms with Gasteiger partial charge in [-0.25, -0.2) is 0 Å². The number of ether oxygens (including phenoxy) is 3. The highest BCUT2D eigenvalue weighted by molar-refractivity contribution is 7.03. The van der Waals surface area contributed by atoms with E-state index in [0.29, 0.717) is 0 Å². The van der Waals surface area contributed by atoms with E-state index in [1.807, 2.05) is 0 Å². The second-order valence-electron chi connectivity index (χ2n) is 32.1. The van der Waals surface area contributed by atoms with Gasteiger partial charge in [0.05, 0.1) is 11.4 Å². The highest BCUT2D eigenvalue weighted by Gasteiger charge is 2.51. The van der Waals surface area contributed by atoms with Crippen molar-refractivity contribution >= 4 is 120 Å². The second kappa shape index (κ2) is 24.9. The van der Waals surface area contributed by atoms with Crippen LogP contribution in [0, 0.1) is 83.1 Å². The van der Waals surface area contributed by atoms with E-state index in [1.54, 1.807) is 0 Å². The van der Waals surface area contributed by atoms with E-state index in [1.165, 1.54) is 99.8 Å². The molecule has 0 amide bonds. The van der Waals surface area contributed by atoms with Gasteiger partial charge in [0.15, 0.2) is 0 Å². The molecule has 6 heterocycles. The third kappa shape index (κ3) is 10.00. The zero-order valence-corrected chi connectivity index (χ0v) is 64.7.